The van der Waals surface area contributed by atoms with Crippen LogP contribution in [0.2, 0.25) is 0 Å². The number of allylic oxidation sites excluding steroid dienone is 1. The molecule has 11 heteroatoms. The zero-order chi connectivity index (χ0) is 29.2. The minimum Gasteiger partial charge on any atom is -0.463 e. The van der Waals surface area contributed by atoms with E-state index in [1.807, 2.05) is 30.3 Å². The second-order valence-electron chi connectivity index (χ2n) is 8.97. The van der Waals surface area contributed by atoms with Crippen LogP contribution in [0, 0.1) is 0 Å². The number of carbonyl (C=O) groups excluding carboxylic acids is 5. The van der Waals surface area contributed by atoms with Crippen molar-refractivity contribution in [2.24, 2.45) is 0 Å². The molecule has 1 saturated heterocycles. The van der Waals surface area contributed by atoms with Crippen LogP contribution in [0.25, 0.3) is 6.08 Å². The Bertz CT molecular complexity index is 1240. The molecule has 0 spiro atoms. The van der Waals surface area contributed by atoms with Gasteiger partial charge in [-0.25, -0.2) is 0 Å². The number of hydrogen-bond acceptors (Lipinski definition) is 10. The van der Waals surface area contributed by atoms with Crippen LogP contribution in [0.4, 0.5) is 0 Å². The average Bonchev–Trinajstić information content (AvgIpc) is 2.89. The highest BCUT2D eigenvalue weighted by Crippen LogP contribution is 2.29. The fourth-order valence-corrected chi connectivity index (χ4v) is 4.06. The van der Waals surface area contributed by atoms with Crippen LogP contribution < -0.4 is 10.1 Å². The third-order valence-corrected chi connectivity index (χ3v) is 5.69. The molecule has 0 aliphatic carbocycles. The van der Waals surface area contributed by atoms with Crippen molar-refractivity contribution in [2.75, 3.05) is 6.61 Å². The maximum atomic E-state index is 12.6. The molecule has 1 N–H and O–H groups in total. The van der Waals surface area contributed by atoms with E-state index in [4.69, 9.17) is 23.7 Å². The predicted molar refractivity (Wildman–Crippen MR) is 141 cm³/mol. The molecule has 5 atom stereocenters. The van der Waals surface area contributed by atoms with Gasteiger partial charge in [-0.1, -0.05) is 36.4 Å². The number of ketones is 1. The molecule has 0 radical (unpaired) electrons. The number of ether oxygens (including phenoxy) is 5. The Kier molecular flexibility index (Phi) is 10.5. The van der Waals surface area contributed by atoms with Gasteiger partial charge in [-0.3, -0.25) is 24.0 Å². The third-order valence-electron chi connectivity index (χ3n) is 5.69. The van der Waals surface area contributed by atoms with Gasteiger partial charge in [-0.2, -0.15) is 0 Å². The van der Waals surface area contributed by atoms with E-state index in [9.17, 15) is 24.0 Å². The van der Waals surface area contributed by atoms with E-state index in [0.717, 1.165) is 19.4 Å². The Morgan fingerprint density at radius 2 is 1.45 bits per heavy atom. The van der Waals surface area contributed by atoms with E-state index in [1.165, 1.54) is 32.1 Å². The largest absolute Gasteiger partial charge is 0.463 e. The summed E-state index contributed by atoms with van der Waals surface area (Å²) in [7, 11) is 0. The second-order valence-corrected chi connectivity index (χ2v) is 8.97. The normalized spacial score (nSPS) is 22.1. The lowest BCUT2D eigenvalue weighted by Gasteiger charge is -2.44. The Labute approximate surface area is 231 Å². The van der Waals surface area contributed by atoms with E-state index in [1.54, 1.807) is 18.2 Å². The monoisotopic (exact) mass is 553 g/mol. The first-order valence-electron chi connectivity index (χ1n) is 12.5. The summed E-state index contributed by atoms with van der Waals surface area (Å²) < 4.78 is 27.9. The van der Waals surface area contributed by atoms with Gasteiger partial charge in [-0.05, 0) is 35.9 Å². The lowest BCUT2D eigenvalue weighted by Crippen LogP contribution is -2.67. The summed E-state index contributed by atoms with van der Waals surface area (Å²) in [5.74, 6) is -2.48. The molecular formula is C29H31NO10. The van der Waals surface area contributed by atoms with Crippen LogP contribution in [-0.4, -0.2) is 66.8 Å². The van der Waals surface area contributed by atoms with E-state index in [0.29, 0.717) is 5.56 Å². The first kappa shape index (κ1) is 30.0. The van der Waals surface area contributed by atoms with E-state index in [2.05, 4.69) is 5.32 Å². The smallest absolute Gasteiger partial charge is 0.303 e. The Balaban J connectivity index is 1.86. The highest BCUT2D eigenvalue weighted by atomic mass is 16.7. The van der Waals surface area contributed by atoms with Gasteiger partial charge in [0, 0.05) is 33.3 Å². The van der Waals surface area contributed by atoms with Gasteiger partial charge in [0.1, 0.15) is 24.5 Å². The summed E-state index contributed by atoms with van der Waals surface area (Å²) in [4.78, 5) is 60.0. The minimum absolute atomic E-state index is 0.221. The van der Waals surface area contributed by atoms with Crippen LogP contribution >= 0.6 is 0 Å². The topological polar surface area (TPSA) is 144 Å². The molecule has 0 saturated carbocycles. The fraction of sp³-hybridized carbons (Fsp3) is 0.345. The minimum atomic E-state index is -1.26. The zero-order valence-corrected chi connectivity index (χ0v) is 22.5. The van der Waals surface area contributed by atoms with E-state index in [-0.39, 0.29) is 18.1 Å². The molecule has 11 nitrogen and oxygen atoms in total. The molecule has 5 unspecified atom stereocenters. The quantitative estimate of drug-likeness (QED) is 0.202. The van der Waals surface area contributed by atoms with Crippen molar-refractivity contribution in [1.29, 1.82) is 0 Å². The SMILES string of the molecule is CC(=O)NC1C(Oc2ccc(C(=O)/C=C/c3ccccc3)cc2)OC(COC(C)=O)C(OC(C)=O)C1OC(C)=O. The molecule has 1 fully saturated rings. The third kappa shape index (κ3) is 8.77. The molecule has 1 heterocycles. The van der Waals surface area contributed by atoms with Gasteiger partial charge in [0.2, 0.25) is 12.2 Å². The van der Waals surface area contributed by atoms with Crippen LogP contribution in [0.5, 0.6) is 5.75 Å². The molecule has 212 valence electrons. The Morgan fingerprint density at radius 3 is 2.02 bits per heavy atom. The van der Waals surface area contributed by atoms with Crippen LogP contribution in [0.15, 0.2) is 60.7 Å². The van der Waals surface area contributed by atoms with Crippen molar-refractivity contribution in [3.8, 4) is 5.75 Å². The number of nitrogens with one attached hydrogen (secondary N) is 1. The van der Waals surface area contributed by atoms with Gasteiger partial charge in [-0.15, -0.1) is 0 Å². The summed E-state index contributed by atoms with van der Waals surface area (Å²) in [6.45, 7) is 4.40. The standard InChI is InChI=1S/C29H31NO10/c1-17(31)30-26-28(38-20(4)34)27(37-19(3)33)25(16-36-18(2)32)40-29(26)39-23-13-11-22(12-14-23)24(35)15-10-21-8-6-5-7-9-21/h5-15,25-29H,16H2,1-4H3,(H,30,31)/b15-10+. The number of esters is 3. The number of hydrogen-bond donors (Lipinski definition) is 1. The number of carbonyl (C=O) groups is 5. The summed E-state index contributed by atoms with van der Waals surface area (Å²) in [6, 6.07) is 14.5. The number of rotatable bonds is 10. The molecule has 0 bridgehead atoms. The molecule has 40 heavy (non-hydrogen) atoms. The molecular weight excluding hydrogens is 522 g/mol. The van der Waals surface area contributed by atoms with Gasteiger partial charge < -0.3 is 29.0 Å². The van der Waals surface area contributed by atoms with Gasteiger partial charge >= 0.3 is 17.9 Å². The fourth-order valence-electron chi connectivity index (χ4n) is 4.06. The first-order chi connectivity index (χ1) is 19.0. The van der Waals surface area contributed by atoms with Gasteiger partial charge in [0.05, 0.1) is 0 Å². The van der Waals surface area contributed by atoms with Crippen molar-refractivity contribution < 1.29 is 47.7 Å². The average molecular weight is 554 g/mol. The van der Waals surface area contributed by atoms with Crippen LogP contribution in [0.3, 0.4) is 0 Å². The van der Waals surface area contributed by atoms with Crippen LogP contribution in [-0.2, 0) is 38.1 Å². The molecule has 2 aromatic rings. The predicted octanol–water partition coefficient (Wildman–Crippen LogP) is 2.62. The summed E-state index contributed by atoms with van der Waals surface area (Å²) in [5, 5.41) is 2.63. The lowest BCUT2D eigenvalue weighted by molar-refractivity contribution is -0.257. The highest BCUT2D eigenvalue weighted by Gasteiger charge is 2.51. The van der Waals surface area contributed by atoms with Crippen molar-refractivity contribution >= 4 is 35.7 Å². The summed E-state index contributed by atoms with van der Waals surface area (Å²) in [5.41, 5.74) is 1.29. The summed E-state index contributed by atoms with van der Waals surface area (Å²) in [6.07, 6.45) is -1.67. The Morgan fingerprint density at radius 1 is 0.825 bits per heavy atom. The second kappa shape index (κ2) is 14.0. The molecule has 3 rings (SSSR count). The maximum absolute atomic E-state index is 12.6. The first-order valence-corrected chi connectivity index (χ1v) is 12.5. The van der Waals surface area contributed by atoms with E-state index < -0.39 is 54.5 Å². The van der Waals surface area contributed by atoms with Crippen molar-refractivity contribution in [1.82, 2.24) is 5.32 Å². The lowest BCUT2D eigenvalue weighted by atomic mass is 9.96. The number of benzene rings is 2. The van der Waals surface area contributed by atoms with Gasteiger partial charge in [0.15, 0.2) is 18.0 Å². The molecule has 2 aromatic carbocycles. The zero-order valence-electron chi connectivity index (χ0n) is 22.5. The van der Waals surface area contributed by atoms with Crippen LogP contribution in [0.1, 0.15) is 43.6 Å². The maximum Gasteiger partial charge on any atom is 0.303 e. The van der Waals surface area contributed by atoms with Crippen molar-refractivity contribution in [2.45, 2.75) is 58.3 Å². The number of amides is 1. The highest BCUT2D eigenvalue weighted by molar-refractivity contribution is 6.06. The van der Waals surface area contributed by atoms with Gasteiger partial charge in [0.25, 0.3) is 0 Å². The molecule has 0 aromatic heterocycles. The molecule has 1 aliphatic rings. The molecule has 1 aliphatic heterocycles. The summed E-state index contributed by atoms with van der Waals surface area (Å²) >= 11 is 0. The van der Waals surface area contributed by atoms with E-state index >= 15 is 0 Å². The Hall–Kier alpha value is -4.51. The van der Waals surface area contributed by atoms with Crippen molar-refractivity contribution in [3.05, 3.63) is 71.8 Å². The van der Waals surface area contributed by atoms with Crippen molar-refractivity contribution in [3.63, 3.8) is 0 Å². The molecule has 1 amide bonds.